The fraction of sp³-hybridized carbons (Fsp3) is 0.533. The molecule has 0 atom stereocenters. The van der Waals surface area contributed by atoms with E-state index in [-0.39, 0.29) is 55.2 Å². The molecule has 0 heterocycles. The number of hydrogen-bond donors (Lipinski definition) is 2. The molecule has 0 aliphatic carbocycles. The molecule has 7 nitrogen and oxygen atoms in total. The minimum Gasteiger partial charge on any atom is -0.405 e. The summed E-state index contributed by atoms with van der Waals surface area (Å²) in [5.74, 6) is 0.0151. The number of nitrogens with one attached hydrogen (secondary N) is 2. The van der Waals surface area contributed by atoms with Gasteiger partial charge in [0.15, 0.2) is 5.96 Å². The lowest BCUT2D eigenvalue weighted by Crippen LogP contribution is -2.38. The largest absolute Gasteiger partial charge is 0.573 e. The standard InChI is InChI=1S/C15H22F3N3O4S.HI/c1-19-14(20-7-8-24-9-10-26(2,22)23)21-11-12-5-3-4-6-13(12)25-15(16,17)18;/h3-6H,7-11H2,1-2H3,(H2,19,20,21);1H. The minimum atomic E-state index is -4.76. The number of nitrogens with zero attached hydrogens (tertiary/aromatic N) is 1. The molecule has 0 radical (unpaired) electrons. The van der Waals surface area contributed by atoms with Crippen molar-refractivity contribution in [2.45, 2.75) is 12.9 Å². The summed E-state index contributed by atoms with van der Waals surface area (Å²) in [6.07, 6.45) is -3.64. The van der Waals surface area contributed by atoms with Gasteiger partial charge in [0.2, 0.25) is 0 Å². The van der Waals surface area contributed by atoms with Crippen LogP contribution in [0.4, 0.5) is 13.2 Å². The van der Waals surface area contributed by atoms with E-state index in [1.165, 1.54) is 25.2 Å². The van der Waals surface area contributed by atoms with Crippen LogP contribution in [-0.4, -0.2) is 59.6 Å². The fourth-order valence-electron chi connectivity index (χ4n) is 1.83. The van der Waals surface area contributed by atoms with Crippen LogP contribution < -0.4 is 15.4 Å². The van der Waals surface area contributed by atoms with Gasteiger partial charge in [-0.1, -0.05) is 18.2 Å². The summed E-state index contributed by atoms with van der Waals surface area (Å²) in [7, 11) is -1.55. The Bertz CT molecular complexity index is 700. The van der Waals surface area contributed by atoms with Gasteiger partial charge in [-0.15, -0.1) is 37.1 Å². The van der Waals surface area contributed by atoms with Crippen molar-refractivity contribution in [3.8, 4) is 5.75 Å². The van der Waals surface area contributed by atoms with E-state index in [2.05, 4.69) is 20.4 Å². The molecule has 1 aromatic rings. The first-order valence-corrected chi connectivity index (χ1v) is 9.70. The highest BCUT2D eigenvalue weighted by atomic mass is 127. The van der Waals surface area contributed by atoms with Crippen LogP contribution in [0.15, 0.2) is 29.3 Å². The zero-order valence-electron chi connectivity index (χ0n) is 14.9. The molecule has 0 aromatic heterocycles. The molecule has 1 rings (SSSR count). The SMILES string of the molecule is CN=C(NCCOCCS(C)(=O)=O)NCc1ccccc1OC(F)(F)F.I. The number of aliphatic imine (C=N–C) groups is 1. The van der Waals surface area contributed by atoms with Crippen LogP contribution in [0.5, 0.6) is 5.75 Å². The lowest BCUT2D eigenvalue weighted by molar-refractivity contribution is -0.274. The number of sulfone groups is 1. The maximum absolute atomic E-state index is 12.4. The van der Waals surface area contributed by atoms with Gasteiger partial charge in [0.25, 0.3) is 0 Å². The molecule has 0 saturated carbocycles. The topological polar surface area (TPSA) is 89.0 Å². The van der Waals surface area contributed by atoms with Crippen molar-refractivity contribution < 1.29 is 31.1 Å². The van der Waals surface area contributed by atoms with E-state index < -0.39 is 16.2 Å². The van der Waals surface area contributed by atoms with Crippen LogP contribution in [0.3, 0.4) is 0 Å². The number of para-hydroxylation sites is 1. The van der Waals surface area contributed by atoms with Gasteiger partial charge in [-0.2, -0.15) is 0 Å². The molecule has 156 valence electrons. The van der Waals surface area contributed by atoms with Crippen LogP contribution in [0, 0.1) is 0 Å². The highest BCUT2D eigenvalue weighted by molar-refractivity contribution is 14.0. The first-order valence-electron chi connectivity index (χ1n) is 7.64. The molecule has 27 heavy (non-hydrogen) atoms. The Morgan fingerprint density at radius 3 is 2.44 bits per heavy atom. The van der Waals surface area contributed by atoms with Crippen molar-refractivity contribution in [2.75, 3.05) is 38.8 Å². The molecule has 0 spiro atoms. The second-order valence-electron chi connectivity index (χ2n) is 5.25. The van der Waals surface area contributed by atoms with Gasteiger partial charge in [-0.05, 0) is 6.07 Å². The highest BCUT2D eigenvalue weighted by Crippen LogP contribution is 2.25. The smallest absolute Gasteiger partial charge is 0.405 e. The number of halogens is 4. The number of hydrogen-bond acceptors (Lipinski definition) is 5. The lowest BCUT2D eigenvalue weighted by Gasteiger charge is -2.15. The van der Waals surface area contributed by atoms with E-state index in [4.69, 9.17) is 4.74 Å². The van der Waals surface area contributed by atoms with Crippen molar-refractivity contribution in [1.82, 2.24) is 10.6 Å². The number of ether oxygens (including phenoxy) is 2. The fourth-order valence-corrected chi connectivity index (χ4v) is 2.25. The predicted octanol–water partition coefficient (Wildman–Crippen LogP) is 1.93. The van der Waals surface area contributed by atoms with Gasteiger partial charge < -0.3 is 20.1 Å². The van der Waals surface area contributed by atoms with E-state index in [9.17, 15) is 21.6 Å². The summed E-state index contributed by atoms with van der Waals surface area (Å²) >= 11 is 0. The summed E-state index contributed by atoms with van der Waals surface area (Å²) < 4.78 is 68.2. The Kier molecular flexibility index (Phi) is 11.7. The van der Waals surface area contributed by atoms with E-state index in [0.29, 0.717) is 18.1 Å². The van der Waals surface area contributed by atoms with Gasteiger partial charge in [-0.25, -0.2) is 8.42 Å². The Hall–Kier alpha value is -1.28. The summed E-state index contributed by atoms with van der Waals surface area (Å²) in [6, 6.07) is 5.80. The van der Waals surface area contributed by atoms with Gasteiger partial charge in [-0.3, -0.25) is 4.99 Å². The van der Waals surface area contributed by atoms with Crippen molar-refractivity contribution in [1.29, 1.82) is 0 Å². The summed E-state index contributed by atoms with van der Waals surface area (Å²) in [4.78, 5) is 3.94. The van der Waals surface area contributed by atoms with Crippen LogP contribution in [0.2, 0.25) is 0 Å². The number of rotatable bonds is 9. The third kappa shape index (κ3) is 12.7. The summed E-state index contributed by atoms with van der Waals surface area (Å²) in [5.41, 5.74) is 0.317. The molecule has 0 aliphatic rings. The molecule has 2 N–H and O–H groups in total. The molecule has 1 aromatic carbocycles. The Morgan fingerprint density at radius 1 is 1.19 bits per heavy atom. The quantitative estimate of drug-likeness (QED) is 0.222. The molecular weight excluding hydrogens is 502 g/mol. The van der Waals surface area contributed by atoms with E-state index in [1.54, 1.807) is 6.07 Å². The molecule has 12 heteroatoms. The number of benzene rings is 1. The molecule has 0 unspecified atom stereocenters. The molecule has 0 fully saturated rings. The monoisotopic (exact) mass is 525 g/mol. The van der Waals surface area contributed by atoms with E-state index >= 15 is 0 Å². The molecule has 0 saturated heterocycles. The normalized spacial score (nSPS) is 12.3. The Morgan fingerprint density at radius 2 is 1.85 bits per heavy atom. The van der Waals surface area contributed by atoms with Crippen LogP contribution in [-0.2, 0) is 21.1 Å². The lowest BCUT2D eigenvalue weighted by atomic mass is 10.2. The molecule has 0 aliphatic heterocycles. The van der Waals surface area contributed by atoms with E-state index in [1.807, 2.05) is 0 Å². The van der Waals surface area contributed by atoms with Gasteiger partial charge in [0.1, 0.15) is 15.6 Å². The molecular formula is C15H23F3IN3O4S. The van der Waals surface area contributed by atoms with Crippen molar-refractivity contribution >= 4 is 39.8 Å². The van der Waals surface area contributed by atoms with Gasteiger partial charge in [0, 0.05) is 32.0 Å². The number of guanidine groups is 1. The Labute approximate surface area is 173 Å². The number of alkyl halides is 3. The van der Waals surface area contributed by atoms with Crippen LogP contribution in [0.1, 0.15) is 5.56 Å². The van der Waals surface area contributed by atoms with Crippen molar-refractivity contribution in [2.24, 2.45) is 4.99 Å². The third-order valence-corrected chi connectivity index (χ3v) is 3.91. The Balaban J connectivity index is 0.00000676. The molecule has 0 bridgehead atoms. The van der Waals surface area contributed by atoms with Crippen LogP contribution >= 0.6 is 24.0 Å². The zero-order chi connectivity index (χ0) is 19.6. The zero-order valence-corrected chi connectivity index (χ0v) is 18.0. The van der Waals surface area contributed by atoms with Gasteiger partial charge in [0.05, 0.1) is 19.0 Å². The third-order valence-electron chi connectivity index (χ3n) is 3.01. The van der Waals surface area contributed by atoms with Gasteiger partial charge >= 0.3 is 6.36 Å². The molecule has 0 amide bonds. The van der Waals surface area contributed by atoms with E-state index in [0.717, 1.165) is 6.26 Å². The van der Waals surface area contributed by atoms with Crippen molar-refractivity contribution in [3.63, 3.8) is 0 Å². The average molecular weight is 525 g/mol. The first kappa shape index (κ1) is 25.7. The summed E-state index contributed by atoms with van der Waals surface area (Å²) in [6.45, 7) is 0.768. The first-order chi connectivity index (χ1) is 12.1. The predicted molar refractivity (Wildman–Crippen MR) is 107 cm³/mol. The van der Waals surface area contributed by atoms with Crippen LogP contribution in [0.25, 0.3) is 0 Å². The maximum Gasteiger partial charge on any atom is 0.573 e. The average Bonchev–Trinajstić information content (AvgIpc) is 2.52. The second kappa shape index (κ2) is 12.2. The highest BCUT2D eigenvalue weighted by Gasteiger charge is 2.31. The van der Waals surface area contributed by atoms with Crippen molar-refractivity contribution in [3.05, 3.63) is 29.8 Å². The summed E-state index contributed by atoms with van der Waals surface area (Å²) in [5, 5.41) is 5.77. The maximum atomic E-state index is 12.4. The second-order valence-corrected chi connectivity index (χ2v) is 7.51. The minimum absolute atomic E-state index is 0.